The maximum Gasteiger partial charge on any atom is 0.341 e. The van der Waals surface area contributed by atoms with Crippen LogP contribution in [-0.4, -0.2) is 75.4 Å². The van der Waals surface area contributed by atoms with Crippen molar-refractivity contribution >= 4 is 5.97 Å². The molecule has 0 spiro atoms. The lowest BCUT2D eigenvalue weighted by Gasteiger charge is -2.39. The van der Waals surface area contributed by atoms with E-state index in [0.29, 0.717) is 6.42 Å². The minimum atomic E-state index is -1.58. The third-order valence-electron chi connectivity index (χ3n) is 4.42. The number of aliphatic hydroxyl groups is 4. The number of rotatable bonds is 7. The van der Waals surface area contributed by atoms with Gasteiger partial charge in [0.05, 0.1) is 13.2 Å². The molecular formula is C18H26O9. The summed E-state index contributed by atoms with van der Waals surface area (Å²) in [6.07, 6.45) is -5.59. The first-order valence-electron chi connectivity index (χ1n) is 8.78. The van der Waals surface area contributed by atoms with Crippen LogP contribution in [0.4, 0.5) is 0 Å². The van der Waals surface area contributed by atoms with E-state index in [9.17, 15) is 30.3 Å². The van der Waals surface area contributed by atoms with Crippen LogP contribution in [0.1, 0.15) is 35.7 Å². The number of phenolic OH excluding ortho intramolecular Hbond substituents is 1. The van der Waals surface area contributed by atoms with Crippen molar-refractivity contribution in [3.05, 3.63) is 23.3 Å². The molecule has 0 aliphatic carbocycles. The van der Waals surface area contributed by atoms with Gasteiger partial charge in [0.25, 0.3) is 0 Å². The number of ether oxygens (including phenoxy) is 3. The molecule has 1 aliphatic heterocycles. The summed E-state index contributed by atoms with van der Waals surface area (Å²) in [4.78, 5) is 12.0. The molecule has 0 radical (unpaired) electrons. The first-order valence-corrected chi connectivity index (χ1v) is 8.78. The summed E-state index contributed by atoms with van der Waals surface area (Å²) in [5.41, 5.74) is 0.182. The first-order chi connectivity index (χ1) is 12.8. The molecule has 1 saturated heterocycles. The maximum absolute atomic E-state index is 12.0. The van der Waals surface area contributed by atoms with Gasteiger partial charge in [0.15, 0.2) is 0 Å². The molecule has 2 rings (SSSR count). The SMILES string of the molecule is CCCCOC(=O)c1ccc(O[C@@H]2O[C@H](CO)[C@@H](O)[C@H](O)[C@H]2O)c(C)c1O. The minimum absolute atomic E-state index is 0.0234. The van der Waals surface area contributed by atoms with E-state index in [1.54, 1.807) is 0 Å². The van der Waals surface area contributed by atoms with Crippen molar-refractivity contribution in [1.29, 1.82) is 0 Å². The zero-order valence-electron chi connectivity index (χ0n) is 15.2. The van der Waals surface area contributed by atoms with E-state index in [1.807, 2.05) is 6.92 Å². The summed E-state index contributed by atoms with van der Waals surface area (Å²) in [5, 5.41) is 49.1. The summed E-state index contributed by atoms with van der Waals surface area (Å²) in [7, 11) is 0. The number of unbranched alkanes of at least 4 members (excludes halogenated alkanes) is 1. The van der Waals surface area contributed by atoms with Crippen LogP contribution in [0.5, 0.6) is 11.5 Å². The molecule has 0 amide bonds. The second-order valence-electron chi connectivity index (χ2n) is 6.39. The fourth-order valence-electron chi connectivity index (χ4n) is 2.65. The van der Waals surface area contributed by atoms with Crippen molar-refractivity contribution in [3.63, 3.8) is 0 Å². The molecule has 5 N–H and O–H groups in total. The Bertz CT molecular complexity index is 646. The molecule has 5 atom stereocenters. The van der Waals surface area contributed by atoms with Gasteiger partial charge < -0.3 is 39.7 Å². The Kier molecular flexibility index (Phi) is 7.40. The normalized spacial score (nSPS) is 28.0. The summed E-state index contributed by atoms with van der Waals surface area (Å²) in [6, 6.07) is 2.71. The highest BCUT2D eigenvalue weighted by Crippen LogP contribution is 2.33. The third-order valence-corrected chi connectivity index (χ3v) is 4.42. The number of hydrogen-bond acceptors (Lipinski definition) is 9. The van der Waals surface area contributed by atoms with E-state index in [4.69, 9.17) is 14.2 Å². The predicted octanol–water partition coefficient (Wildman–Crippen LogP) is -0.164. The summed E-state index contributed by atoms with van der Waals surface area (Å²) < 4.78 is 15.8. The number of esters is 1. The van der Waals surface area contributed by atoms with Gasteiger partial charge in [0, 0.05) is 5.56 Å². The van der Waals surface area contributed by atoms with E-state index < -0.39 is 43.3 Å². The maximum atomic E-state index is 12.0. The fraction of sp³-hybridized carbons (Fsp3) is 0.611. The van der Waals surface area contributed by atoms with Crippen LogP contribution in [0.25, 0.3) is 0 Å². The van der Waals surface area contributed by atoms with Gasteiger partial charge in [-0.1, -0.05) is 13.3 Å². The molecule has 1 aliphatic rings. The van der Waals surface area contributed by atoms with Gasteiger partial charge >= 0.3 is 5.97 Å². The second-order valence-corrected chi connectivity index (χ2v) is 6.39. The molecule has 9 nitrogen and oxygen atoms in total. The predicted molar refractivity (Wildman–Crippen MR) is 92.4 cm³/mol. The van der Waals surface area contributed by atoms with E-state index in [1.165, 1.54) is 19.1 Å². The average Bonchev–Trinajstić information content (AvgIpc) is 2.65. The van der Waals surface area contributed by atoms with Crippen molar-refractivity contribution in [3.8, 4) is 11.5 Å². The van der Waals surface area contributed by atoms with Crippen molar-refractivity contribution in [2.75, 3.05) is 13.2 Å². The largest absolute Gasteiger partial charge is 0.507 e. The van der Waals surface area contributed by atoms with Gasteiger partial charge in [-0.3, -0.25) is 0 Å². The summed E-state index contributed by atoms with van der Waals surface area (Å²) in [5.74, 6) is -0.899. The molecule has 0 bridgehead atoms. The first kappa shape index (κ1) is 21.4. The standard InChI is InChI=1S/C18H26O9/c1-3-4-7-25-17(24)10-5-6-11(9(2)13(10)20)26-18-16(23)15(22)14(21)12(8-19)27-18/h5-6,12,14-16,18-23H,3-4,7-8H2,1-2H3/t12-,14-,15+,16-,18-/m1/s1. The highest BCUT2D eigenvalue weighted by Gasteiger charge is 2.44. The highest BCUT2D eigenvalue weighted by atomic mass is 16.7. The summed E-state index contributed by atoms with van der Waals surface area (Å²) in [6.45, 7) is 3.12. The van der Waals surface area contributed by atoms with Crippen LogP contribution in [0.2, 0.25) is 0 Å². The molecule has 0 aromatic heterocycles. The molecule has 0 unspecified atom stereocenters. The van der Waals surface area contributed by atoms with Crippen molar-refractivity contribution < 1.29 is 44.5 Å². The number of carbonyl (C=O) groups excluding carboxylic acids is 1. The molecule has 1 heterocycles. The number of aliphatic hydroxyl groups excluding tert-OH is 4. The van der Waals surface area contributed by atoms with Gasteiger partial charge in [-0.2, -0.15) is 0 Å². The average molecular weight is 386 g/mol. The molecule has 9 heteroatoms. The van der Waals surface area contributed by atoms with Crippen LogP contribution >= 0.6 is 0 Å². The lowest BCUT2D eigenvalue weighted by atomic mass is 9.99. The Hall–Kier alpha value is -1.91. The molecule has 27 heavy (non-hydrogen) atoms. The topological polar surface area (TPSA) is 146 Å². The Labute approximate surface area is 156 Å². The van der Waals surface area contributed by atoms with E-state index in [2.05, 4.69) is 0 Å². The highest BCUT2D eigenvalue weighted by molar-refractivity contribution is 5.93. The van der Waals surface area contributed by atoms with Gasteiger partial charge in [-0.25, -0.2) is 4.79 Å². The number of carbonyl (C=O) groups is 1. The number of hydrogen-bond donors (Lipinski definition) is 5. The smallest absolute Gasteiger partial charge is 0.341 e. The molecular weight excluding hydrogens is 360 g/mol. The summed E-state index contributed by atoms with van der Waals surface area (Å²) >= 11 is 0. The van der Waals surface area contributed by atoms with Crippen LogP contribution in [-0.2, 0) is 9.47 Å². The Balaban J connectivity index is 2.15. The van der Waals surface area contributed by atoms with Crippen LogP contribution in [0, 0.1) is 6.92 Å². The lowest BCUT2D eigenvalue weighted by molar-refractivity contribution is -0.277. The molecule has 1 aromatic rings. The lowest BCUT2D eigenvalue weighted by Crippen LogP contribution is -2.60. The quantitative estimate of drug-likeness (QED) is 0.318. The minimum Gasteiger partial charge on any atom is -0.507 e. The Morgan fingerprint density at radius 1 is 1.19 bits per heavy atom. The Morgan fingerprint density at radius 2 is 1.89 bits per heavy atom. The zero-order valence-corrected chi connectivity index (χ0v) is 15.2. The molecule has 1 fully saturated rings. The van der Waals surface area contributed by atoms with Crippen LogP contribution in [0.15, 0.2) is 12.1 Å². The molecule has 152 valence electrons. The third kappa shape index (κ3) is 4.69. The van der Waals surface area contributed by atoms with Gasteiger partial charge in [0.1, 0.15) is 41.5 Å². The van der Waals surface area contributed by atoms with E-state index in [0.717, 1.165) is 6.42 Å². The van der Waals surface area contributed by atoms with Crippen molar-refractivity contribution in [2.24, 2.45) is 0 Å². The van der Waals surface area contributed by atoms with E-state index in [-0.39, 0.29) is 29.2 Å². The Morgan fingerprint density at radius 3 is 2.52 bits per heavy atom. The number of benzene rings is 1. The second kappa shape index (κ2) is 9.34. The van der Waals surface area contributed by atoms with Gasteiger partial charge in [0.2, 0.25) is 6.29 Å². The van der Waals surface area contributed by atoms with E-state index >= 15 is 0 Å². The molecule has 0 saturated carbocycles. The van der Waals surface area contributed by atoms with Crippen molar-refractivity contribution in [1.82, 2.24) is 0 Å². The van der Waals surface area contributed by atoms with Crippen molar-refractivity contribution in [2.45, 2.75) is 57.4 Å². The van der Waals surface area contributed by atoms with Gasteiger partial charge in [-0.05, 0) is 25.5 Å². The number of aromatic hydroxyl groups is 1. The molecule has 1 aromatic carbocycles. The zero-order chi connectivity index (χ0) is 20.1. The van der Waals surface area contributed by atoms with Crippen LogP contribution in [0.3, 0.4) is 0 Å². The van der Waals surface area contributed by atoms with Gasteiger partial charge in [-0.15, -0.1) is 0 Å². The monoisotopic (exact) mass is 386 g/mol. The van der Waals surface area contributed by atoms with Crippen LogP contribution < -0.4 is 4.74 Å². The number of phenols is 1. The fourth-order valence-corrected chi connectivity index (χ4v) is 2.65.